The highest BCUT2D eigenvalue weighted by molar-refractivity contribution is 5.21. The SMILES string of the molecule is NC[C@@H]1C[C@H]1c1cc(C(F)(F)F)n[nH]1. The number of nitrogens with two attached hydrogens (primary N) is 1. The van der Waals surface area contributed by atoms with Crippen LogP contribution in [-0.4, -0.2) is 16.7 Å². The summed E-state index contributed by atoms with van der Waals surface area (Å²) < 4.78 is 36.5. The summed E-state index contributed by atoms with van der Waals surface area (Å²) in [6.45, 7) is 0.519. The number of hydrogen-bond donors (Lipinski definition) is 2. The Hall–Kier alpha value is -1.04. The van der Waals surface area contributed by atoms with E-state index >= 15 is 0 Å². The number of nitrogens with zero attached hydrogens (tertiary/aromatic N) is 1. The van der Waals surface area contributed by atoms with Gasteiger partial charge in [-0.05, 0) is 24.9 Å². The molecule has 3 nitrogen and oxygen atoms in total. The molecule has 6 heteroatoms. The second kappa shape index (κ2) is 2.98. The van der Waals surface area contributed by atoms with Gasteiger partial charge in [0.05, 0.1) is 0 Å². The fraction of sp³-hybridized carbons (Fsp3) is 0.625. The lowest BCUT2D eigenvalue weighted by molar-refractivity contribution is -0.141. The van der Waals surface area contributed by atoms with Crippen LogP contribution in [0.2, 0.25) is 0 Å². The molecule has 0 unspecified atom stereocenters. The van der Waals surface area contributed by atoms with Crippen LogP contribution in [0.15, 0.2) is 6.07 Å². The monoisotopic (exact) mass is 205 g/mol. The molecule has 0 aliphatic heterocycles. The highest BCUT2D eigenvalue weighted by Crippen LogP contribution is 2.46. The second-order valence-electron chi connectivity index (χ2n) is 3.54. The van der Waals surface area contributed by atoms with E-state index in [9.17, 15) is 13.2 Å². The van der Waals surface area contributed by atoms with Crippen LogP contribution >= 0.6 is 0 Å². The third kappa shape index (κ3) is 1.61. The van der Waals surface area contributed by atoms with Gasteiger partial charge in [-0.3, -0.25) is 5.10 Å². The van der Waals surface area contributed by atoms with Gasteiger partial charge in [-0.1, -0.05) is 0 Å². The summed E-state index contributed by atoms with van der Waals surface area (Å²) in [6, 6.07) is 1.07. The molecule has 2 atom stereocenters. The predicted molar refractivity (Wildman–Crippen MR) is 43.5 cm³/mol. The maximum Gasteiger partial charge on any atom is 0.435 e. The van der Waals surface area contributed by atoms with E-state index in [1.807, 2.05) is 0 Å². The Bertz CT molecular complexity index is 331. The molecule has 1 saturated carbocycles. The minimum Gasteiger partial charge on any atom is -0.330 e. The zero-order valence-corrected chi connectivity index (χ0v) is 7.30. The van der Waals surface area contributed by atoms with E-state index in [4.69, 9.17) is 5.73 Å². The van der Waals surface area contributed by atoms with E-state index in [1.165, 1.54) is 0 Å². The van der Waals surface area contributed by atoms with Crippen molar-refractivity contribution in [2.45, 2.75) is 18.5 Å². The number of halogens is 3. The van der Waals surface area contributed by atoms with Crippen molar-refractivity contribution in [1.29, 1.82) is 0 Å². The highest BCUT2D eigenvalue weighted by Gasteiger charge is 2.41. The van der Waals surface area contributed by atoms with Crippen molar-refractivity contribution in [1.82, 2.24) is 10.2 Å². The molecule has 0 bridgehead atoms. The summed E-state index contributed by atoms with van der Waals surface area (Å²) >= 11 is 0. The number of H-pyrrole nitrogens is 1. The number of rotatable bonds is 2. The molecule has 78 valence electrons. The van der Waals surface area contributed by atoms with Gasteiger partial charge in [0.15, 0.2) is 5.69 Å². The molecule has 1 aliphatic rings. The van der Waals surface area contributed by atoms with E-state index in [0.29, 0.717) is 18.2 Å². The zero-order valence-electron chi connectivity index (χ0n) is 7.30. The number of nitrogens with one attached hydrogen (secondary N) is 1. The number of hydrogen-bond acceptors (Lipinski definition) is 2. The average Bonchev–Trinajstić information content (AvgIpc) is 2.71. The Morgan fingerprint density at radius 2 is 2.29 bits per heavy atom. The maximum absolute atomic E-state index is 12.2. The minimum absolute atomic E-state index is 0.142. The summed E-state index contributed by atoms with van der Waals surface area (Å²) in [4.78, 5) is 0. The van der Waals surface area contributed by atoms with E-state index in [2.05, 4.69) is 10.2 Å². The van der Waals surface area contributed by atoms with E-state index < -0.39 is 11.9 Å². The summed E-state index contributed by atoms with van der Waals surface area (Å²) in [5, 5.41) is 5.64. The minimum atomic E-state index is -4.36. The zero-order chi connectivity index (χ0) is 10.3. The standard InChI is InChI=1S/C8H10F3N3/c9-8(10,11)7-2-6(13-14-7)5-1-4(5)3-12/h2,4-5H,1,3,12H2,(H,13,14)/t4-,5+/m0/s1. The van der Waals surface area contributed by atoms with Crippen LogP contribution in [-0.2, 0) is 6.18 Å². The second-order valence-corrected chi connectivity index (χ2v) is 3.54. The Balaban J connectivity index is 2.12. The van der Waals surface area contributed by atoms with Crippen LogP contribution in [0.4, 0.5) is 13.2 Å². The van der Waals surface area contributed by atoms with Crippen LogP contribution in [0.3, 0.4) is 0 Å². The van der Waals surface area contributed by atoms with Crippen LogP contribution < -0.4 is 5.73 Å². The first-order valence-electron chi connectivity index (χ1n) is 4.35. The Morgan fingerprint density at radius 1 is 1.57 bits per heavy atom. The van der Waals surface area contributed by atoms with Crippen LogP contribution in [0.25, 0.3) is 0 Å². The van der Waals surface area contributed by atoms with Gasteiger partial charge in [-0.15, -0.1) is 0 Å². The molecule has 1 aromatic heterocycles. The van der Waals surface area contributed by atoms with Gasteiger partial charge in [-0.25, -0.2) is 0 Å². The van der Waals surface area contributed by atoms with E-state index in [0.717, 1.165) is 12.5 Å². The first-order valence-corrected chi connectivity index (χ1v) is 4.35. The molecule has 2 rings (SSSR count). The maximum atomic E-state index is 12.2. The van der Waals surface area contributed by atoms with Crippen molar-refractivity contribution < 1.29 is 13.2 Å². The molecule has 0 saturated heterocycles. The Kier molecular flexibility index (Phi) is 2.02. The Labute approximate surface area is 78.5 Å². The lowest BCUT2D eigenvalue weighted by Gasteiger charge is -1.98. The normalized spacial score (nSPS) is 26.6. The van der Waals surface area contributed by atoms with Crippen molar-refractivity contribution in [3.8, 4) is 0 Å². The van der Waals surface area contributed by atoms with E-state index in [-0.39, 0.29) is 5.92 Å². The third-order valence-corrected chi connectivity index (χ3v) is 2.51. The molecule has 14 heavy (non-hydrogen) atoms. The lowest BCUT2D eigenvalue weighted by atomic mass is 10.2. The van der Waals surface area contributed by atoms with Crippen LogP contribution in [0.1, 0.15) is 23.7 Å². The van der Waals surface area contributed by atoms with Crippen LogP contribution in [0, 0.1) is 5.92 Å². The van der Waals surface area contributed by atoms with Crippen molar-refractivity contribution >= 4 is 0 Å². The molecular formula is C8H10F3N3. The van der Waals surface area contributed by atoms with Crippen molar-refractivity contribution in [2.75, 3.05) is 6.54 Å². The quantitative estimate of drug-likeness (QED) is 0.768. The van der Waals surface area contributed by atoms with Gasteiger partial charge in [-0.2, -0.15) is 18.3 Å². The summed E-state index contributed by atoms with van der Waals surface area (Å²) in [7, 11) is 0. The largest absolute Gasteiger partial charge is 0.435 e. The van der Waals surface area contributed by atoms with Gasteiger partial charge in [0.2, 0.25) is 0 Å². The lowest BCUT2D eigenvalue weighted by Crippen LogP contribution is -2.04. The number of alkyl halides is 3. The van der Waals surface area contributed by atoms with Gasteiger partial charge >= 0.3 is 6.18 Å². The molecular weight excluding hydrogens is 195 g/mol. The van der Waals surface area contributed by atoms with Crippen molar-refractivity contribution in [3.05, 3.63) is 17.5 Å². The van der Waals surface area contributed by atoms with Gasteiger partial charge in [0, 0.05) is 11.6 Å². The summed E-state index contributed by atoms with van der Waals surface area (Å²) in [5.41, 5.74) is 5.09. The molecule has 3 N–H and O–H groups in total. The van der Waals surface area contributed by atoms with Crippen LogP contribution in [0.5, 0.6) is 0 Å². The summed E-state index contributed by atoms with van der Waals surface area (Å²) in [5.74, 6) is 0.458. The molecule has 0 aromatic carbocycles. The molecule has 1 fully saturated rings. The number of aromatic nitrogens is 2. The number of aromatic amines is 1. The third-order valence-electron chi connectivity index (χ3n) is 2.51. The highest BCUT2D eigenvalue weighted by atomic mass is 19.4. The molecule has 0 spiro atoms. The first-order chi connectivity index (χ1) is 6.52. The fourth-order valence-corrected chi connectivity index (χ4v) is 1.56. The fourth-order valence-electron chi connectivity index (χ4n) is 1.56. The topological polar surface area (TPSA) is 54.7 Å². The molecule has 0 radical (unpaired) electrons. The molecule has 1 heterocycles. The smallest absolute Gasteiger partial charge is 0.330 e. The molecule has 1 aromatic rings. The van der Waals surface area contributed by atoms with E-state index in [1.54, 1.807) is 0 Å². The molecule has 1 aliphatic carbocycles. The van der Waals surface area contributed by atoms with Crippen molar-refractivity contribution in [2.24, 2.45) is 11.7 Å². The molecule has 0 amide bonds. The van der Waals surface area contributed by atoms with Crippen molar-refractivity contribution in [3.63, 3.8) is 0 Å². The van der Waals surface area contributed by atoms with Gasteiger partial charge in [0.1, 0.15) is 0 Å². The van der Waals surface area contributed by atoms with Gasteiger partial charge < -0.3 is 5.73 Å². The summed E-state index contributed by atoms with van der Waals surface area (Å²) in [6.07, 6.45) is -3.50. The average molecular weight is 205 g/mol. The van der Waals surface area contributed by atoms with Gasteiger partial charge in [0.25, 0.3) is 0 Å². The Morgan fingerprint density at radius 3 is 2.71 bits per heavy atom. The predicted octanol–water partition coefficient (Wildman–Crippen LogP) is 1.49. The first kappa shape index (κ1) is 9.51.